The number of hydrogen-bond donors (Lipinski definition) is 0. The standard InChI is InChI=1S/C15H15BrO/c1-11-8-9-12-5-2-3-6-13(12)15(11)14(17)7-4-10-16/h2-3,5-6,8-9H,4,7,10H2,1H3. The second-order valence-corrected chi connectivity index (χ2v) is 4.99. The summed E-state index contributed by atoms with van der Waals surface area (Å²) in [7, 11) is 0. The van der Waals surface area contributed by atoms with Crippen molar-refractivity contribution in [3.8, 4) is 0 Å². The summed E-state index contributed by atoms with van der Waals surface area (Å²) in [5, 5.41) is 3.09. The molecule has 0 aliphatic rings. The molecule has 0 spiro atoms. The summed E-state index contributed by atoms with van der Waals surface area (Å²) in [6.45, 7) is 2.01. The lowest BCUT2D eigenvalue weighted by molar-refractivity contribution is 0.0983. The summed E-state index contributed by atoms with van der Waals surface area (Å²) >= 11 is 3.37. The molecule has 0 aliphatic carbocycles. The average molecular weight is 291 g/mol. The second-order valence-electron chi connectivity index (χ2n) is 4.19. The first-order chi connectivity index (χ1) is 8.24. The van der Waals surface area contributed by atoms with Crippen LogP contribution in [0.15, 0.2) is 36.4 Å². The first-order valence-corrected chi connectivity index (χ1v) is 6.93. The van der Waals surface area contributed by atoms with Gasteiger partial charge in [0.25, 0.3) is 0 Å². The van der Waals surface area contributed by atoms with Crippen molar-refractivity contribution in [2.75, 3.05) is 5.33 Å². The molecule has 1 nitrogen and oxygen atoms in total. The van der Waals surface area contributed by atoms with Gasteiger partial charge in [-0.05, 0) is 29.7 Å². The van der Waals surface area contributed by atoms with Crippen LogP contribution in [-0.4, -0.2) is 11.1 Å². The van der Waals surface area contributed by atoms with Crippen LogP contribution in [0.25, 0.3) is 10.8 Å². The van der Waals surface area contributed by atoms with Crippen molar-refractivity contribution in [1.29, 1.82) is 0 Å². The minimum atomic E-state index is 0.249. The zero-order valence-electron chi connectivity index (χ0n) is 9.87. The number of fused-ring (bicyclic) bond motifs is 1. The number of ketones is 1. The smallest absolute Gasteiger partial charge is 0.163 e. The van der Waals surface area contributed by atoms with Crippen LogP contribution < -0.4 is 0 Å². The van der Waals surface area contributed by atoms with Crippen LogP contribution in [0.1, 0.15) is 28.8 Å². The zero-order valence-corrected chi connectivity index (χ0v) is 11.5. The molecule has 0 saturated carbocycles. The van der Waals surface area contributed by atoms with Gasteiger partial charge in [-0.3, -0.25) is 4.79 Å². The van der Waals surface area contributed by atoms with Gasteiger partial charge in [-0.1, -0.05) is 52.3 Å². The van der Waals surface area contributed by atoms with Crippen LogP contribution in [0, 0.1) is 6.92 Å². The molecule has 88 valence electrons. The Kier molecular flexibility index (Phi) is 3.95. The first kappa shape index (κ1) is 12.3. The predicted octanol–water partition coefficient (Wildman–Crippen LogP) is 4.51. The minimum absolute atomic E-state index is 0.249. The van der Waals surface area contributed by atoms with Crippen molar-refractivity contribution in [2.24, 2.45) is 0 Å². The Labute approximate surface area is 110 Å². The van der Waals surface area contributed by atoms with E-state index < -0.39 is 0 Å². The first-order valence-electron chi connectivity index (χ1n) is 5.81. The van der Waals surface area contributed by atoms with Crippen molar-refractivity contribution in [3.05, 3.63) is 47.5 Å². The third kappa shape index (κ3) is 2.58. The molecular weight excluding hydrogens is 276 g/mol. The highest BCUT2D eigenvalue weighted by Gasteiger charge is 2.12. The van der Waals surface area contributed by atoms with Gasteiger partial charge < -0.3 is 0 Å². The van der Waals surface area contributed by atoms with Gasteiger partial charge in [0.1, 0.15) is 0 Å². The van der Waals surface area contributed by atoms with Crippen molar-refractivity contribution in [1.82, 2.24) is 0 Å². The Morgan fingerprint density at radius 2 is 1.94 bits per heavy atom. The van der Waals surface area contributed by atoms with Gasteiger partial charge in [0.15, 0.2) is 5.78 Å². The SMILES string of the molecule is Cc1ccc2ccccc2c1C(=O)CCCBr. The van der Waals surface area contributed by atoms with E-state index in [0.717, 1.165) is 33.7 Å². The van der Waals surface area contributed by atoms with Gasteiger partial charge in [0.05, 0.1) is 0 Å². The molecular formula is C15H15BrO. The van der Waals surface area contributed by atoms with Gasteiger partial charge in [0.2, 0.25) is 0 Å². The number of alkyl halides is 1. The van der Waals surface area contributed by atoms with Crippen LogP contribution in [0.5, 0.6) is 0 Å². The highest BCUT2D eigenvalue weighted by Crippen LogP contribution is 2.23. The summed E-state index contributed by atoms with van der Waals surface area (Å²) in [4.78, 5) is 12.2. The molecule has 0 fully saturated rings. The number of halogens is 1. The van der Waals surface area contributed by atoms with Gasteiger partial charge >= 0.3 is 0 Å². The molecule has 2 aromatic rings. The van der Waals surface area contributed by atoms with Gasteiger partial charge in [0, 0.05) is 17.3 Å². The van der Waals surface area contributed by atoms with Gasteiger partial charge in [-0.15, -0.1) is 0 Å². The maximum atomic E-state index is 12.2. The fourth-order valence-electron chi connectivity index (χ4n) is 2.10. The fourth-order valence-corrected chi connectivity index (χ4v) is 2.38. The molecule has 2 aromatic carbocycles. The largest absolute Gasteiger partial charge is 0.294 e. The Balaban J connectivity index is 2.51. The second kappa shape index (κ2) is 5.46. The van der Waals surface area contributed by atoms with E-state index >= 15 is 0 Å². The molecule has 0 saturated heterocycles. The lowest BCUT2D eigenvalue weighted by Crippen LogP contribution is -2.03. The number of carbonyl (C=O) groups is 1. The van der Waals surface area contributed by atoms with Crippen LogP contribution in [0.3, 0.4) is 0 Å². The van der Waals surface area contributed by atoms with E-state index in [9.17, 15) is 4.79 Å². The highest BCUT2D eigenvalue weighted by molar-refractivity contribution is 9.09. The lowest BCUT2D eigenvalue weighted by Gasteiger charge is -2.09. The Hall–Kier alpha value is -1.15. The highest BCUT2D eigenvalue weighted by atomic mass is 79.9. The van der Waals surface area contributed by atoms with Gasteiger partial charge in [-0.25, -0.2) is 0 Å². The van der Waals surface area contributed by atoms with Crippen LogP contribution in [0.4, 0.5) is 0 Å². The molecule has 0 radical (unpaired) electrons. The topological polar surface area (TPSA) is 17.1 Å². The Bertz CT molecular complexity index is 546. The number of aryl methyl sites for hydroxylation is 1. The molecule has 0 unspecified atom stereocenters. The summed E-state index contributed by atoms with van der Waals surface area (Å²) in [5.74, 6) is 0.249. The van der Waals surface area contributed by atoms with Crippen molar-refractivity contribution in [2.45, 2.75) is 19.8 Å². The summed E-state index contributed by atoms with van der Waals surface area (Å²) in [5.41, 5.74) is 1.97. The van der Waals surface area contributed by atoms with Crippen LogP contribution >= 0.6 is 15.9 Å². The number of hydrogen-bond acceptors (Lipinski definition) is 1. The predicted molar refractivity (Wildman–Crippen MR) is 76.0 cm³/mol. The number of benzene rings is 2. The third-order valence-corrected chi connectivity index (χ3v) is 3.51. The summed E-state index contributed by atoms with van der Waals surface area (Å²) < 4.78 is 0. The van der Waals surface area contributed by atoms with E-state index in [2.05, 4.69) is 28.1 Å². The maximum Gasteiger partial charge on any atom is 0.163 e. The van der Waals surface area contributed by atoms with Crippen LogP contribution in [0.2, 0.25) is 0 Å². The van der Waals surface area contributed by atoms with Crippen molar-refractivity contribution < 1.29 is 4.79 Å². The molecule has 0 atom stereocenters. The molecule has 0 heterocycles. The molecule has 0 bridgehead atoms. The van der Waals surface area contributed by atoms with E-state index in [1.807, 2.05) is 31.2 Å². The van der Waals surface area contributed by atoms with E-state index in [4.69, 9.17) is 0 Å². The Morgan fingerprint density at radius 3 is 2.71 bits per heavy atom. The molecule has 17 heavy (non-hydrogen) atoms. The van der Waals surface area contributed by atoms with E-state index in [1.165, 1.54) is 0 Å². The fraction of sp³-hybridized carbons (Fsp3) is 0.267. The van der Waals surface area contributed by atoms with E-state index in [1.54, 1.807) is 0 Å². The number of Topliss-reactive ketones (excluding diaryl/α,β-unsaturated/α-hetero) is 1. The third-order valence-electron chi connectivity index (χ3n) is 2.95. The molecule has 0 aliphatic heterocycles. The summed E-state index contributed by atoms with van der Waals surface area (Å²) in [6, 6.07) is 12.2. The average Bonchev–Trinajstić information content (AvgIpc) is 2.35. The molecule has 0 N–H and O–H groups in total. The zero-order chi connectivity index (χ0) is 12.3. The lowest BCUT2D eigenvalue weighted by atomic mass is 9.95. The van der Waals surface area contributed by atoms with E-state index in [0.29, 0.717) is 6.42 Å². The quantitative estimate of drug-likeness (QED) is 0.598. The molecule has 0 amide bonds. The Morgan fingerprint density at radius 1 is 1.18 bits per heavy atom. The van der Waals surface area contributed by atoms with Crippen molar-refractivity contribution >= 4 is 32.5 Å². The van der Waals surface area contributed by atoms with Crippen LogP contribution in [-0.2, 0) is 0 Å². The number of carbonyl (C=O) groups excluding carboxylic acids is 1. The monoisotopic (exact) mass is 290 g/mol. The summed E-state index contributed by atoms with van der Waals surface area (Å²) in [6.07, 6.45) is 1.50. The minimum Gasteiger partial charge on any atom is -0.294 e. The normalized spacial score (nSPS) is 10.7. The van der Waals surface area contributed by atoms with Gasteiger partial charge in [-0.2, -0.15) is 0 Å². The van der Waals surface area contributed by atoms with E-state index in [-0.39, 0.29) is 5.78 Å². The molecule has 2 rings (SSSR count). The number of rotatable bonds is 4. The molecule has 0 aromatic heterocycles. The maximum absolute atomic E-state index is 12.2. The van der Waals surface area contributed by atoms with Crippen molar-refractivity contribution in [3.63, 3.8) is 0 Å². The molecule has 2 heteroatoms.